The lowest BCUT2D eigenvalue weighted by atomic mass is 10.1. The SMILES string of the molecule is NC(=O)c1nn(-c2c(Cl)ccc(F)c2Cl)nc1Nc1ccc(C(=O)N2CCOCC2)cc1. The molecule has 3 aromatic rings. The average molecular weight is 479 g/mol. The molecule has 4 rings (SSSR count). The fourth-order valence-corrected chi connectivity index (χ4v) is 3.66. The minimum Gasteiger partial charge on any atom is -0.378 e. The van der Waals surface area contributed by atoms with Gasteiger partial charge in [-0.3, -0.25) is 9.59 Å². The first-order chi connectivity index (χ1) is 15.3. The summed E-state index contributed by atoms with van der Waals surface area (Å²) in [6.45, 7) is 2.09. The molecule has 0 spiro atoms. The van der Waals surface area contributed by atoms with E-state index in [0.717, 1.165) is 10.9 Å². The van der Waals surface area contributed by atoms with Gasteiger partial charge in [-0.15, -0.1) is 15.0 Å². The quantitative estimate of drug-likeness (QED) is 0.544. The smallest absolute Gasteiger partial charge is 0.273 e. The number of nitrogens with two attached hydrogens (primary N) is 1. The summed E-state index contributed by atoms with van der Waals surface area (Å²) in [4.78, 5) is 27.1. The number of carbonyl (C=O) groups excluding carboxylic acids is 2. The third-order valence-electron chi connectivity index (χ3n) is 4.76. The van der Waals surface area contributed by atoms with Crippen LogP contribution >= 0.6 is 23.2 Å². The molecule has 2 aromatic carbocycles. The summed E-state index contributed by atoms with van der Waals surface area (Å²) in [6.07, 6.45) is 0. The zero-order chi connectivity index (χ0) is 22.8. The van der Waals surface area contributed by atoms with Crippen LogP contribution in [-0.4, -0.2) is 58.0 Å². The van der Waals surface area contributed by atoms with Crippen molar-refractivity contribution < 1.29 is 18.7 Å². The Morgan fingerprint density at radius 1 is 1.06 bits per heavy atom. The monoisotopic (exact) mass is 478 g/mol. The van der Waals surface area contributed by atoms with Gasteiger partial charge in [0.2, 0.25) is 0 Å². The number of halogens is 3. The number of nitrogens with zero attached hydrogens (tertiary/aromatic N) is 4. The van der Waals surface area contributed by atoms with Gasteiger partial charge in [-0.1, -0.05) is 23.2 Å². The molecule has 0 bridgehead atoms. The Bertz CT molecular complexity index is 1180. The number of rotatable bonds is 5. The lowest BCUT2D eigenvalue weighted by Gasteiger charge is -2.26. The van der Waals surface area contributed by atoms with E-state index in [2.05, 4.69) is 15.5 Å². The maximum Gasteiger partial charge on any atom is 0.273 e. The number of ether oxygens (including phenoxy) is 1. The first-order valence-electron chi connectivity index (χ1n) is 9.50. The summed E-state index contributed by atoms with van der Waals surface area (Å²) < 4.78 is 19.2. The second-order valence-corrected chi connectivity index (χ2v) is 7.63. The number of primary amides is 1. The molecule has 1 fully saturated rings. The van der Waals surface area contributed by atoms with Gasteiger partial charge < -0.3 is 20.7 Å². The standard InChI is InChI=1S/C20H17Cl2FN6O3/c21-13-5-6-14(23)15(22)17(13)29-26-16(18(24)30)19(27-29)25-12-3-1-11(2-4-12)20(31)28-7-9-32-10-8-28/h1-6H,7-10H2,(H2,24,30)(H,25,27). The van der Waals surface area contributed by atoms with Crippen molar-refractivity contribution in [3.8, 4) is 5.69 Å². The maximum absolute atomic E-state index is 13.9. The van der Waals surface area contributed by atoms with Crippen LogP contribution in [-0.2, 0) is 4.74 Å². The third-order valence-corrected chi connectivity index (χ3v) is 5.42. The van der Waals surface area contributed by atoms with Gasteiger partial charge in [0.1, 0.15) is 16.5 Å². The van der Waals surface area contributed by atoms with Gasteiger partial charge in [0.15, 0.2) is 11.5 Å². The van der Waals surface area contributed by atoms with Crippen LogP contribution in [0.3, 0.4) is 0 Å². The molecule has 0 aliphatic carbocycles. The molecule has 0 unspecified atom stereocenters. The van der Waals surface area contributed by atoms with E-state index >= 15 is 0 Å². The van der Waals surface area contributed by atoms with Gasteiger partial charge >= 0.3 is 0 Å². The Hall–Kier alpha value is -3.21. The average Bonchev–Trinajstić information content (AvgIpc) is 3.21. The van der Waals surface area contributed by atoms with E-state index in [1.165, 1.54) is 6.07 Å². The van der Waals surface area contributed by atoms with Crippen LogP contribution in [0.4, 0.5) is 15.9 Å². The second-order valence-electron chi connectivity index (χ2n) is 6.85. The number of benzene rings is 2. The van der Waals surface area contributed by atoms with Crippen molar-refractivity contribution in [3.63, 3.8) is 0 Å². The maximum atomic E-state index is 13.9. The van der Waals surface area contributed by atoms with Gasteiger partial charge in [-0.25, -0.2) is 4.39 Å². The Morgan fingerprint density at radius 2 is 1.75 bits per heavy atom. The molecule has 0 atom stereocenters. The van der Waals surface area contributed by atoms with Crippen LogP contribution in [0, 0.1) is 5.82 Å². The van der Waals surface area contributed by atoms with Crippen LogP contribution < -0.4 is 11.1 Å². The van der Waals surface area contributed by atoms with Gasteiger partial charge in [0.25, 0.3) is 11.8 Å². The highest BCUT2D eigenvalue weighted by Crippen LogP contribution is 2.31. The third kappa shape index (κ3) is 4.38. The number of aromatic nitrogens is 3. The number of nitrogens with one attached hydrogen (secondary N) is 1. The molecule has 0 radical (unpaired) electrons. The van der Waals surface area contributed by atoms with E-state index in [-0.39, 0.29) is 33.2 Å². The van der Waals surface area contributed by atoms with E-state index < -0.39 is 11.7 Å². The highest BCUT2D eigenvalue weighted by Gasteiger charge is 2.22. The minimum atomic E-state index is -0.860. The highest BCUT2D eigenvalue weighted by atomic mass is 35.5. The Kier molecular flexibility index (Phi) is 6.26. The summed E-state index contributed by atoms with van der Waals surface area (Å²) in [5.74, 6) is -1.67. The molecule has 1 aliphatic heterocycles. The molecule has 1 saturated heterocycles. The fraction of sp³-hybridized carbons (Fsp3) is 0.200. The van der Waals surface area contributed by atoms with E-state index in [1.54, 1.807) is 29.2 Å². The van der Waals surface area contributed by atoms with E-state index in [4.69, 9.17) is 33.7 Å². The van der Waals surface area contributed by atoms with Crippen LogP contribution in [0.2, 0.25) is 10.0 Å². The van der Waals surface area contributed by atoms with Gasteiger partial charge in [-0.2, -0.15) is 0 Å². The highest BCUT2D eigenvalue weighted by molar-refractivity contribution is 6.37. The first kappa shape index (κ1) is 22.0. The van der Waals surface area contributed by atoms with Crippen molar-refractivity contribution in [1.82, 2.24) is 19.9 Å². The fourth-order valence-electron chi connectivity index (χ4n) is 3.14. The molecule has 2 amide bonds. The number of morpholine rings is 1. The first-order valence-corrected chi connectivity index (χ1v) is 10.3. The van der Waals surface area contributed by atoms with E-state index in [0.29, 0.717) is 37.6 Å². The number of hydrogen-bond acceptors (Lipinski definition) is 6. The molecular weight excluding hydrogens is 462 g/mol. The van der Waals surface area contributed by atoms with Gasteiger partial charge in [-0.05, 0) is 36.4 Å². The molecule has 12 heteroatoms. The van der Waals surface area contributed by atoms with Crippen molar-refractivity contribution >= 4 is 46.5 Å². The second kappa shape index (κ2) is 9.11. The van der Waals surface area contributed by atoms with E-state index in [1.807, 2.05) is 0 Å². The normalized spacial score (nSPS) is 13.8. The van der Waals surface area contributed by atoms with Crippen molar-refractivity contribution in [2.24, 2.45) is 5.73 Å². The summed E-state index contributed by atoms with van der Waals surface area (Å²) >= 11 is 12.1. The van der Waals surface area contributed by atoms with Crippen LogP contribution in [0.5, 0.6) is 0 Å². The molecule has 2 heterocycles. The number of carbonyl (C=O) groups is 2. The zero-order valence-corrected chi connectivity index (χ0v) is 18.0. The number of amides is 2. The molecule has 0 saturated carbocycles. The molecule has 9 nitrogen and oxygen atoms in total. The van der Waals surface area contributed by atoms with Crippen molar-refractivity contribution in [2.45, 2.75) is 0 Å². The van der Waals surface area contributed by atoms with Gasteiger partial charge in [0, 0.05) is 24.3 Å². The largest absolute Gasteiger partial charge is 0.378 e. The zero-order valence-electron chi connectivity index (χ0n) is 16.5. The summed E-state index contributed by atoms with van der Waals surface area (Å²) in [5, 5.41) is 10.9. The number of anilines is 2. The molecule has 1 aromatic heterocycles. The van der Waals surface area contributed by atoms with E-state index in [9.17, 15) is 14.0 Å². The Morgan fingerprint density at radius 3 is 2.41 bits per heavy atom. The predicted molar refractivity (Wildman–Crippen MR) is 116 cm³/mol. The molecule has 32 heavy (non-hydrogen) atoms. The number of hydrogen-bond donors (Lipinski definition) is 2. The molecule has 3 N–H and O–H groups in total. The van der Waals surface area contributed by atoms with Crippen LogP contribution in [0.1, 0.15) is 20.8 Å². The lowest BCUT2D eigenvalue weighted by molar-refractivity contribution is 0.0303. The molecular formula is C20H17Cl2FN6O3. The lowest BCUT2D eigenvalue weighted by Crippen LogP contribution is -2.40. The van der Waals surface area contributed by atoms with Crippen LogP contribution in [0.25, 0.3) is 5.69 Å². The summed E-state index contributed by atoms with van der Waals surface area (Å²) in [5.41, 5.74) is 6.22. The molecule has 1 aliphatic rings. The topological polar surface area (TPSA) is 115 Å². The van der Waals surface area contributed by atoms with Crippen molar-refractivity contribution in [2.75, 3.05) is 31.6 Å². The minimum absolute atomic E-state index is 0.0150. The Balaban J connectivity index is 1.60. The molecule has 166 valence electrons. The van der Waals surface area contributed by atoms with Crippen molar-refractivity contribution in [3.05, 3.63) is 63.5 Å². The summed E-state index contributed by atoms with van der Waals surface area (Å²) in [7, 11) is 0. The summed E-state index contributed by atoms with van der Waals surface area (Å²) in [6, 6.07) is 9.00. The van der Waals surface area contributed by atoms with Crippen molar-refractivity contribution in [1.29, 1.82) is 0 Å². The van der Waals surface area contributed by atoms with Gasteiger partial charge in [0.05, 0.1) is 18.2 Å². The predicted octanol–water partition coefficient (Wildman–Crippen LogP) is 3.03. The Labute approximate surface area is 191 Å². The van der Waals surface area contributed by atoms with Crippen LogP contribution in [0.15, 0.2) is 36.4 Å².